The summed E-state index contributed by atoms with van der Waals surface area (Å²) in [7, 11) is -3.67. The molecule has 0 aliphatic carbocycles. The Kier molecular flexibility index (Phi) is 5.60. The summed E-state index contributed by atoms with van der Waals surface area (Å²) in [6.07, 6.45) is -0.355. The minimum Gasteiger partial charge on any atom is -0.454 e. The molecule has 0 spiro atoms. The molecule has 1 fully saturated rings. The lowest BCUT2D eigenvalue weighted by atomic mass is 10.2. The Morgan fingerprint density at radius 1 is 1.09 bits per heavy atom. The topological polar surface area (TPSA) is 119 Å². The molecule has 1 amide bonds. The van der Waals surface area contributed by atoms with Crippen molar-refractivity contribution >= 4 is 42.6 Å². The Balaban J connectivity index is 1.25. The lowest BCUT2D eigenvalue weighted by Crippen LogP contribution is -2.48. The molecule has 1 saturated heterocycles. The molecule has 33 heavy (non-hydrogen) atoms. The van der Waals surface area contributed by atoms with Crippen LogP contribution in [0.1, 0.15) is 24.2 Å². The number of anilines is 1. The molecule has 0 bridgehead atoms. The lowest BCUT2D eigenvalue weighted by Gasteiger charge is -2.34. The molecular weight excluding hydrogens is 468 g/mol. The van der Waals surface area contributed by atoms with Crippen molar-refractivity contribution in [1.82, 2.24) is 14.7 Å². The number of hydrogen-bond donors (Lipinski definition) is 2. The third-order valence-corrected chi connectivity index (χ3v) is 8.09. The Bertz CT molecular complexity index is 1260. The standard InChI is InChI=1S/C21H22N4O6S2/c1-12-9-25(10-13(2)31-12)33(27,28)15-5-3-14(4-6-15)20(26)23-24-21-22-16-7-17-18(30-11-29-17)8-19(16)32-21/h3-8,12-13H,9-11H2,1-2H3,(H,22,24)(H,23,26)/t12-,13-/m0/s1. The number of hydrazine groups is 1. The molecule has 2 aliphatic heterocycles. The van der Waals surface area contributed by atoms with Crippen molar-refractivity contribution in [2.24, 2.45) is 0 Å². The number of nitrogens with zero attached hydrogens (tertiary/aromatic N) is 2. The molecule has 1 aromatic heterocycles. The number of nitrogens with one attached hydrogen (secondary N) is 2. The Morgan fingerprint density at radius 3 is 2.45 bits per heavy atom. The first-order valence-electron chi connectivity index (χ1n) is 10.3. The van der Waals surface area contributed by atoms with Crippen molar-refractivity contribution in [3.05, 3.63) is 42.0 Å². The number of aromatic nitrogens is 1. The van der Waals surface area contributed by atoms with Crippen molar-refractivity contribution in [2.45, 2.75) is 31.0 Å². The van der Waals surface area contributed by atoms with Crippen LogP contribution in [0.15, 0.2) is 41.3 Å². The summed E-state index contributed by atoms with van der Waals surface area (Å²) in [6.45, 7) is 4.47. The number of amides is 1. The minimum absolute atomic E-state index is 0.136. The van der Waals surface area contributed by atoms with E-state index in [1.165, 1.54) is 39.9 Å². The van der Waals surface area contributed by atoms with Crippen LogP contribution in [-0.4, -0.2) is 55.7 Å². The lowest BCUT2D eigenvalue weighted by molar-refractivity contribution is -0.0440. The SMILES string of the molecule is C[C@H]1CN(S(=O)(=O)c2ccc(C(=O)NNc3nc4cc5c(cc4s3)OCO5)cc2)C[C@H](C)O1. The number of carbonyl (C=O) groups is 1. The second kappa shape index (κ2) is 8.45. The van der Waals surface area contributed by atoms with E-state index in [1.807, 2.05) is 19.9 Å². The second-order valence-corrected chi connectivity index (χ2v) is 10.8. The molecule has 0 radical (unpaired) electrons. The highest BCUT2D eigenvalue weighted by Crippen LogP contribution is 2.38. The van der Waals surface area contributed by atoms with Gasteiger partial charge in [-0.1, -0.05) is 11.3 Å². The van der Waals surface area contributed by atoms with Crippen LogP contribution in [0.4, 0.5) is 5.13 Å². The third kappa shape index (κ3) is 4.34. The zero-order valence-corrected chi connectivity index (χ0v) is 19.5. The van der Waals surface area contributed by atoms with Gasteiger partial charge in [0.2, 0.25) is 21.9 Å². The van der Waals surface area contributed by atoms with Gasteiger partial charge in [0.25, 0.3) is 5.91 Å². The first kappa shape index (κ1) is 21.9. The molecule has 10 nitrogen and oxygen atoms in total. The fourth-order valence-corrected chi connectivity index (χ4v) is 6.23. The van der Waals surface area contributed by atoms with E-state index in [2.05, 4.69) is 15.8 Å². The quantitative estimate of drug-likeness (QED) is 0.524. The number of rotatable bonds is 5. The molecule has 0 saturated carbocycles. The largest absolute Gasteiger partial charge is 0.454 e. The van der Waals surface area contributed by atoms with Gasteiger partial charge in [-0.05, 0) is 38.1 Å². The van der Waals surface area contributed by atoms with E-state index < -0.39 is 15.9 Å². The highest BCUT2D eigenvalue weighted by Gasteiger charge is 2.32. The fourth-order valence-electron chi connectivity index (χ4n) is 3.81. The zero-order valence-electron chi connectivity index (χ0n) is 17.9. The Hall–Kier alpha value is -2.93. The monoisotopic (exact) mass is 490 g/mol. The molecule has 174 valence electrons. The summed E-state index contributed by atoms with van der Waals surface area (Å²) in [6, 6.07) is 9.47. The predicted molar refractivity (Wildman–Crippen MR) is 122 cm³/mol. The molecule has 2 atom stereocenters. The van der Waals surface area contributed by atoms with Crippen LogP contribution in [0.5, 0.6) is 11.5 Å². The Labute approximate surface area is 194 Å². The number of sulfonamides is 1. The maximum atomic E-state index is 13.0. The summed E-state index contributed by atoms with van der Waals surface area (Å²) in [4.78, 5) is 17.1. The van der Waals surface area contributed by atoms with Gasteiger partial charge in [0, 0.05) is 30.8 Å². The molecule has 3 heterocycles. The third-order valence-electron chi connectivity index (χ3n) is 5.31. The molecule has 2 aliphatic rings. The maximum Gasteiger partial charge on any atom is 0.269 e. The van der Waals surface area contributed by atoms with Gasteiger partial charge >= 0.3 is 0 Å². The van der Waals surface area contributed by atoms with Gasteiger partial charge in [-0.25, -0.2) is 13.4 Å². The van der Waals surface area contributed by atoms with Crippen molar-refractivity contribution in [2.75, 3.05) is 25.3 Å². The van der Waals surface area contributed by atoms with Crippen molar-refractivity contribution in [3.8, 4) is 11.5 Å². The normalized spacial score (nSPS) is 20.7. The van der Waals surface area contributed by atoms with Gasteiger partial charge in [-0.2, -0.15) is 4.31 Å². The maximum absolute atomic E-state index is 13.0. The van der Waals surface area contributed by atoms with Gasteiger partial charge in [0.05, 0.1) is 27.3 Å². The molecule has 0 unspecified atom stereocenters. The molecule has 2 aromatic carbocycles. The van der Waals surface area contributed by atoms with E-state index in [4.69, 9.17) is 14.2 Å². The number of morpholine rings is 1. The molecule has 3 aromatic rings. The molecule has 5 rings (SSSR count). The van der Waals surface area contributed by atoms with E-state index in [-0.39, 0.29) is 23.9 Å². The van der Waals surface area contributed by atoms with Crippen LogP contribution >= 0.6 is 11.3 Å². The summed E-state index contributed by atoms with van der Waals surface area (Å²) in [5.41, 5.74) is 6.42. The molecular formula is C21H22N4O6S2. The number of thiazole rings is 1. The number of hydrogen-bond acceptors (Lipinski definition) is 9. The summed E-state index contributed by atoms with van der Waals surface area (Å²) in [5, 5.41) is 0.497. The van der Waals surface area contributed by atoms with Gasteiger partial charge < -0.3 is 14.2 Å². The Morgan fingerprint density at radius 2 is 1.76 bits per heavy atom. The van der Waals surface area contributed by atoms with Crippen molar-refractivity contribution < 1.29 is 27.4 Å². The van der Waals surface area contributed by atoms with Gasteiger partial charge in [-0.15, -0.1) is 0 Å². The summed E-state index contributed by atoms with van der Waals surface area (Å²) >= 11 is 1.35. The van der Waals surface area contributed by atoms with E-state index in [0.29, 0.717) is 35.3 Å². The van der Waals surface area contributed by atoms with E-state index >= 15 is 0 Å². The average molecular weight is 491 g/mol. The number of ether oxygens (including phenoxy) is 3. The van der Waals surface area contributed by atoms with Crippen LogP contribution in [-0.2, 0) is 14.8 Å². The van der Waals surface area contributed by atoms with Gasteiger partial charge in [-0.3, -0.25) is 15.6 Å². The molecule has 2 N–H and O–H groups in total. The highest BCUT2D eigenvalue weighted by molar-refractivity contribution is 7.89. The van der Waals surface area contributed by atoms with Crippen LogP contribution in [0, 0.1) is 0 Å². The first-order chi connectivity index (χ1) is 15.8. The predicted octanol–water partition coefficient (Wildman–Crippen LogP) is 2.58. The van der Waals surface area contributed by atoms with Crippen molar-refractivity contribution in [1.29, 1.82) is 0 Å². The van der Waals surface area contributed by atoms with Gasteiger partial charge in [0.1, 0.15) is 0 Å². The van der Waals surface area contributed by atoms with Crippen LogP contribution < -0.4 is 20.3 Å². The zero-order chi connectivity index (χ0) is 23.2. The summed E-state index contributed by atoms with van der Waals surface area (Å²) < 4.78 is 44.6. The number of benzene rings is 2. The fraction of sp³-hybridized carbons (Fsp3) is 0.333. The van der Waals surface area contributed by atoms with E-state index in [9.17, 15) is 13.2 Å². The minimum atomic E-state index is -3.67. The highest BCUT2D eigenvalue weighted by atomic mass is 32.2. The number of carbonyl (C=O) groups excluding carboxylic acids is 1. The van der Waals surface area contributed by atoms with Gasteiger partial charge in [0.15, 0.2) is 11.5 Å². The first-order valence-corrected chi connectivity index (χ1v) is 12.6. The average Bonchev–Trinajstić information content (AvgIpc) is 3.40. The van der Waals surface area contributed by atoms with E-state index in [1.54, 1.807) is 6.07 Å². The smallest absolute Gasteiger partial charge is 0.269 e. The summed E-state index contributed by atoms with van der Waals surface area (Å²) in [5.74, 6) is 0.887. The van der Waals surface area contributed by atoms with E-state index in [0.717, 1.165) is 10.2 Å². The van der Waals surface area contributed by atoms with Crippen molar-refractivity contribution in [3.63, 3.8) is 0 Å². The second-order valence-electron chi connectivity index (χ2n) is 7.88. The van der Waals surface area contributed by atoms with Crippen LogP contribution in [0.2, 0.25) is 0 Å². The number of fused-ring (bicyclic) bond motifs is 2. The van der Waals surface area contributed by atoms with Crippen LogP contribution in [0.3, 0.4) is 0 Å². The molecule has 12 heteroatoms. The van der Waals surface area contributed by atoms with Crippen LogP contribution in [0.25, 0.3) is 10.2 Å².